The summed E-state index contributed by atoms with van der Waals surface area (Å²) in [7, 11) is 0. The fourth-order valence-electron chi connectivity index (χ4n) is 2.39. The van der Waals surface area contributed by atoms with Crippen LogP contribution in [0.2, 0.25) is 0 Å². The Labute approximate surface area is 138 Å². The molecule has 2 aromatic rings. The van der Waals surface area contributed by atoms with E-state index in [1.807, 2.05) is 6.92 Å². The zero-order valence-electron chi connectivity index (χ0n) is 13.5. The zero-order chi connectivity index (χ0) is 17.3. The van der Waals surface area contributed by atoms with E-state index in [2.05, 4.69) is 10.3 Å². The van der Waals surface area contributed by atoms with Crippen LogP contribution in [0.1, 0.15) is 29.6 Å². The Hall–Kier alpha value is -3.15. The maximum atomic E-state index is 12.0. The van der Waals surface area contributed by atoms with Crippen molar-refractivity contribution >= 4 is 29.5 Å². The Kier molecular flexibility index (Phi) is 4.04. The minimum atomic E-state index is -0.505. The molecule has 2 heterocycles. The monoisotopic (exact) mass is 324 g/mol. The molecule has 0 atom stereocenters. The highest BCUT2D eigenvalue weighted by molar-refractivity contribution is 6.13. The summed E-state index contributed by atoms with van der Waals surface area (Å²) in [6.07, 6.45) is 1.63. The molecule has 24 heavy (non-hydrogen) atoms. The van der Waals surface area contributed by atoms with Crippen LogP contribution in [0, 0.1) is 13.8 Å². The van der Waals surface area contributed by atoms with E-state index >= 15 is 0 Å². The first-order valence-electron chi connectivity index (χ1n) is 7.40. The summed E-state index contributed by atoms with van der Waals surface area (Å²) < 4.78 is 10.7. The van der Waals surface area contributed by atoms with Gasteiger partial charge in [-0.05, 0) is 43.7 Å². The summed E-state index contributed by atoms with van der Waals surface area (Å²) in [6.45, 7) is 5.06. The molecule has 122 valence electrons. The van der Waals surface area contributed by atoms with Crippen molar-refractivity contribution in [3.05, 3.63) is 58.7 Å². The topological polar surface area (TPSA) is 80.9 Å². The van der Waals surface area contributed by atoms with Gasteiger partial charge in [-0.25, -0.2) is 9.79 Å². The number of hydrogen-bond donors (Lipinski definition) is 1. The molecule has 0 saturated carbocycles. The van der Waals surface area contributed by atoms with Crippen molar-refractivity contribution in [1.29, 1.82) is 0 Å². The number of ether oxygens (including phenoxy) is 1. The van der Waals surface area contributed by atoms with Gasteiger partial charge in [0.15, 0.2) is 5.70 Å². The number of amides is 1. The average Bonchev–Trinajstić information content (AvgIpc) is 3.03. The van der Waals surface area contributed by atoms with Crippen molar-refractivity contribution in [3.8, 4) is 0 Å². The molecular formula is C18H16N2O4. The van der Waals surface area contributed by atoms with E-state index in [9.17, 15) is 9.59 Å². The lowest BCUT2D eigenvalue weighted by molar-refractivity contribution is -0.129. The minimum absolute atomic E-state index is 0.138. The van der Waals surface area contributed by atoms with Crippen molar-refractivity contribution < 1.29 is 18.7 Å². The number of cyclic esters (lactones) is 1. The molecule has 1 amide bonds. The van der Waals surface area contributed by atoms with Crippen molar-refractivity contribution in [3.63, 3.8) is 0 Å². The Balaban J connectivity index is 1.86. The van der Waals surface area contributed by atoms with E-state index in [1.54, 1.807) is 43.3 Å². The van der Waals surface area contributed by atoms with Gasteiger partial charge in [0.2, 0.25) is 11.8 Å². The number of nitrogens with zero attached hydrogens (tertiary/aromatic N) is 1. The molecule has 0 aliphatic carbocycles. The molecule has 1 aliphatic rings. The Bertz CT molecular complexity index is 873. The molecule has 1 aromatic carbocycles. The van der Waals surface area contributed by atoms with E-state index in [4.69, 9.17) is 9.15 Å². The highest BCUT2D eigenvalue weighted by atomic mass is 16.6. The van der Waals surface area contributed by atoms with E-state index < -0.39 is 5.97 Å². The Morgan fingerprint density at radius 1 is 1.21 bits per heavy atom. The first-order valence-corrected chi connectivity index (χ1v) is 7.40. The molecule has 0 spiro atoms. The van der Waals surface area contributed by atoms with Crippen LogP contribution in [0.4, 0.5) is 5.69 Å². The smallest absolute Gasteiger partial charge is 0.363 e. The average molecular weight is 324 g/mol. The number of esters is 1. The Morgan fingerprint density at radius 2 is 1.92 bits per heavy atom. The van der Waals surface area contributed by atoms with Gasteiger partial charge in [-0.15, -0.1) is 0 Å². The van der Waals surface area contributed by atoms with Crippen molar-refractivity contribution in [2.24, 2.45) is 4.99 Å². The lowest BCUT2D eigenvalue weighted by Crippen LogP contribution is -2.05. The molecule has 0 bridgehead atoms. The number of aliphatic imine (C=N–C) groups is 1. The van der Waals surface area contributed by atoms with Gasteiger partial charge in [-0.3, -0.25) is 4.79 Å². The predicted octanol–water partition coefficient (Wildman–Crippen LogP) is 3.20. The molecule has 0 unspecified atom stereocenters. The molecule has 0 fully saturated rings. The van der Waals surface area contributed by atoms with Crippen LogP contribution in [0.25, 0.3) is 6.08 Å². The third-order valence-electron chi connectivity index (χ3n) is 3.43. The lowest BCUT2D eigenvalue weighted by atomic mass is 10.1. The van der Waals surface area contributed by atoms with Crippen molar-refractivity contribution in [2.75, 3.05) is 5.32 Å². The molecular weight excluding hydrogens is 308 g/mol. The summed E-state index contributed by atoms with van der Waals surface area (Å²) in [5.74, 6) is 0.984. The molecule has 0 radical (unpaired) electrons. The molecule has 1 aliphatic heterocycles. The third-order valence-corrected chi connectivity index (χ3v) is 3.43. The van der Waals surface area contributed by atoms with E-state index in [1.165, 1.54) is 6.92 Å². The van der Waals surface area contributed by atoms with Gasteiger partial charge >= 0.3 is 5.97 Å². The zero-order valence-corrected chi connectivity index (χ0v) is 13.5. The van der Waals surface area contributed by atoms with E-state index in [0.717, 1.165) is 11.3 Å². The maximum Gasteiger partial charge on any atom is 0.363 e. The standard InChI is InChI=1S/C18H16N2O4/c1-10-8-15(11(2)23-10)17-20-16(18(22)24-17)9-13-4-6-14(7-5-13)19-12(3)21/h4-9H,1-3H3,(H,19,21)/b16-9-. The number of rotatable bonds is 3. The van der Waals surface area contributed by atoms with E-state index in [-0.39, 0.29) is 17.5 Å². The summed E-state index contributed by atoms with van der Waals surface area (Å²) in [5, 5.41) is 2.68. The van der Waals surface area contributed by atoms with Gasteiger partial charge in [0.05, 0.1) is 5.56 Å². The normalized spacial score (nSPS) is 15.4. The van der Waals surface area contributed by atoms with Gasteiger partial charge in [-0.1, -0.05) is 12.1 Å². The number of hydrogen-bond acceptors (Lipinski definition) is 5. The first kappa shape index (κ1) is 15.7. The molecule has 6 nitrogen and oxygen atoms in total. The summed E-state index contributed by atoms with van der Waals surface area (Å²) in [4.78, 5) is 27.3. The molecule has 6 heteroatoms. The van der Waals surface area contributed by atoms with Crippen LogP contribution in [-0.4, -0.2) is 17.8 Å². The number of benzene rings is 1. The van der Waals surface area contributed by atoms with Gasteiger partial charge < -0.3 is 14.5 Å². The molecule has 1 N–H and O–H groups in total. The van der Waals surface area contributed by atoms with Crippen molar-refractivity contribution in [1.82, 2.24) is 0 Å². The van der Waals surface area contributed by atoms with Gasteiger partial charge in [-0.2, -0.15) is 0 Å². The van der Waals surface area contributed by atoms with E-state index in [0.29, 0.717) is 17.0 Å². The largest absolute Gasteiger partial charge is 0.466 e. The number of carbonyl (C=O) groups excluding carboxylic acids is 2. The van der Waals surface area contributed by atoms with Crippen LogP contribution in [0.15, 0.2) is 45.4 Å². The van der Waals surface area contributed by atoms with Crippen LogP contribution in [0.5, 0.6) is 0 Å². The first-order chi connectivity index (χ1) is 11.4. The van der Waals surface area contributed by atoms with Crippen LogP contribution < -0.4 is 5.32 Å². The highest BCUT2D eigenvalue weighted by Gasteiger charge is 2.26. The second-order valence-corrected chi connectivity index (χ2v) is 5.47. The quantitative estimate of drug-likeness (QED) is 0.694. The lowest BCUT2D eigenvalue weighted by Gasteiger charge is -2.01. The predicted molar refractivity (Wildman–Crippen MR) is 89.5 cm³/mol. The molecule has 3 rings (SSSR count). The number of nitrogens with one attached hydrogen (secondary N) is 1. The molecule has 1 aromatic heterocycles. The van der Waals surface area contributed by atoms with Gasteiger partial charge in [0.1, 0.15) is 11.5 Å². The number of anilines is 1. The number of aryl methyl sites for hydroxylation is 2. The second-order valence-electron chi connectivity index (χ2n) is 5.47. The highest BCUT2D eigenvalue weighted by Crippen LogP contribution is 2.23. The minimum Gasteiger partial charge on any atom is -0.466 e. The van der Waals surface area contributed by atoms with Gasteiger partial charge in [0.25, 0.3) is 0 Å². The van der Waals surface area contributed by atoms with Crippen LogP contribution >= 0.6 is 0 Å². The number of furan rings is 1. The second kappa shape index (κ2) is 6.16. The van der Waals surface area contributed by atoms with Crippen LogP contribution in [-0.2, 0) is 14.3 Å². The fourth-order valence-corrected chi connectivity index (χ4v) is 2.39. The molecule has 0 saturated heterocycles. The van der Waals surface area contributed by atoms with Crippen molar-refractivity contribution in [2.45, 2.75) is 20.8 Å². The summed E-state index contributed by atoms with van der Waals surface area (Å²) >= 11 is 0. The fraction of sp³-hybridized carbons (Fsp3) is 0.167. The Morgan fingerprint density at radius 3 is 2.50 bits per heavy atom. The third kappa shape index (κ3) is 3.27. The number of carbonyl (C=O) groups is 2. The summed E-state index contributed by atoms with van der Waals surface area (Å²) in [5.41, 5.74) is 2.36. The van der Waals surface area contributed by atoms with Gasteiger partial charge in [0, 0.05) is 12.6 Å². The maximum absolute atomic E-state index is 12.0. The SMILES string of the molecule is CC(=O)Nc1ccc(/C=C2\N=C(c3cc(C)oc3C)OC2=O)cc1. The van der Waals surface area contributed by atoms with Crippen LogP contribution in [0.3, 0.4) is 0 Å². The summed E-state index contributed by atoms with van der Waals surface area (Å²) in [6, 6.07) is 8.86.